The number of nitrogens with two attached hydrogens (primary N) is 1. The van der Waals surface area contributed by atoms with Gasteiger partial charge in [0, 0.05) is 4.88 Å². The maximum absolute atomic E-state index is 12.9. The van der Waals surface area contributed by atoms with Gasteiger partial charge in [0.2, 0.25) is 0 Å². The number of rotatable bonds is 5. The summed E-state index contributed by atoms with van der Waals surface area (Å²) < 4.78 is 10.8. The van der Waals surface area contributed by atoms with Gasteiger partial charge < -0.3 is 20.5 Å². The number of aryl methyl sites for hydroxylation is 2. The summed E-state index contributed by atoms with van der Waals surface area (Å²) in [5.41, 5.74) is 8.23. The topological polar surface area (TPSA) is 90.6 Å². The first-order chi connectivity index (χ1) is 12.5. The summed E-state index contributed by atoms with van der Waals surface area (Å²) in [5, 5.41) is 3.36. The Hall–Kier alpha value is -2.54. The SMILES string of the molecule is COc1c(C)ccc(C(=O)Nc2sc3c(c2C(N)=O)CCCC3)c1OC. The number of hydrogen-bond acceptors (Lipinski definition) is 5. The van der Waals surface area contributed by atoms with Gasteiger partial charge in [-0.3, -0.25) is 9.59 Å². The fourth-order valence-electron chi connectivity index (χ4n) is 3.38. The standard InChI is InChI=1S/C19H22N2O4S/c1-10-8-9-12(16(25-3)15(10)24-2)18(23)21-19-14(17(20)22)11-6-4-5-7-13(11)26-19/h8-9H,4-7H2,1-3H3,(H2,20,22)(H,21,23). The van der Waals surface area contributed by atoms with Crippen molar-refractivity contribution >= 4 is 28.2 Å². The molecule has 0 fully saturated rings. The molecule has 0 unspecified atom stereocenters. The molecule has 138 valence electrons. The quantitative estimate of drug-likeness (QED) is 0.840. The normalized spacial score (nSPS) is 13.0. The second kappa shape index (κ2) is 7.37. The monoisotopic (exact) mass is 374 g/mol. The van der Waals surface area contributed by atoms with Gasteiger partial charge in [-0.2, -0.15) is 0 Å². The van der Waals surface area contributed by atoms with Crippen molar-refractivity contribution in [3.63, 3.8) is 0 Å². The van der Waals surface area contributed by atoms with E-state index in [1.807, 2.05) is 6.92 Å². The van der Waals surface area contributed by atoms with Gasteiger partial charge in [0.15, 0.2) is 11.5 Å². The maximum atomic E-state index is 12.9. The number of carbonyl (C=O) groups excluding carboxylic acids is 2. The highest BCUT2D eigenvalue weighted by molar-refractivity contribution is 7.17. The molecule has 1 aromatic heterocycles. The van der Waals surface area contributed by atoms with E-state index in [-0.39, 0.29) is 5.91 Å². The highest BCUT2D eigenvalue weighted by Gasteiger charge is 2.26. The highest BCUT2D eigenvalue weighted by atomic mass is 32.1. The van der Waals surface area contributed by atoms with Gasteiger partial charge in [-0.25, -0.2) is 0 Å². The number of ether oxygens (including phenoxy) is 2. The number of carbonyl (C=O) groups is 2. The molecule has 0 aliphatic heterocycles. The van der Waals surface area contributed by atoms with E-state index >= 15 is 0 Å². The molecule has 0 spiro atoms. The van der Waals surface area contributed by atoms with Crippen molar-refractivity contribution in [2.24, 2.45) is 5.73 Å². The zero-order valence-corrected chi connectivity index (χ0v) is 15.9. The van der Waals surface area contributed by atoms with Crippen molar-refractivity contribution in [3.05, 3.63) is 39.3 Å². The largest absolute Gasteiger partial charge is 0.493 e. The molecule has 2 amide bonds. The minimum atomic E-state index is -0.506. The Labute approximate surface area is 156 Å². The first kappa shape index (κ1) is 18.3. The molecule has 1 aliphatic carbocycles. The van der Waals surface area contributed by atoms with Crippen molar-refractivity contribution in [1.82, 2.24) is 0 Å². The number of benzene rings is 1. The fourth-order valence-corrected chi connectivity index (χ4v) is 4.67. The number of nitrogens with one attached hydrogen (secondary N) is 1. The molecule has 3 N–H and O–H groups in total. The Balaban J connectivity index is 1.99. The number of thiophene rings is 1. The van der Waals surface area contributed by atoms with Crippen LogP contribution in [0.15, 0.2) is 12.1 Å². The van der Waals surface area contributed by atoms with Gasteiger partial charge in [0.05, 0.1) is 25.3 Å². The molecule has 0 bridgehead atoms. The van der Waals surface area contributed by atoms with Crippen LogP contribution in [0.4, 0.5) is 5.00 Å². The molecule has 0 radical (unpaired) electrons. The van der Waals surface area contributed by atoms with Crippen LogP contribution < -0.4 is 20.5 Å². The van der Waals surface area contributed by atoms with E-state index in [2.05, 4.69) is 5.32 Å². The minimum absolute atomic E-state index is 0.344. The number of fused-ring (bicyclic) bond motifs is 1. The second-order valence-electron chi connectivity index (χ2n) is 6.23. The van der Waals surface area contributed by atoms with Gasteiger partial charge in [-0.15, -0.1) is 11.3 Å². The van der Waals surface area contributed by atoms with Gasteiger partial charge in [0.1, 0.15) is 5.00 Å². The van der Waals surface area contributed by atoms with Crippen LogP contribution in [0.5, 0.6) is 11.5 Å². The summed E-state index contributed by atoms with van der Waals surface area (Å²) in [5.74, 6) is 0.0158. The van der Waals surface area contributed by atoms with E-state index in [0.29, 0.717) is 27.6 Å². The summed E-state index contributed by atoms with van der Waals surface area (Å²) in [6.45, 7) is 1.88. The third-order valence-corrected chi connectivity index (χ3v) is 5.81. The molecule has 0 saturated carbocycles. The van der Waals surface area contributed by atoms with Crippen molar-refractivity contribution in [2.45, 2.75) is 32.6 Å². The summed E-state index contributed by atoms with van der Waals surface area (Å²) in [6, 6.07) is 3.48. The number of methoxy groups -OCH3 is 2. The smallest absolute Gasteiger partial charge is 0.260 e. The predicted octanol–water partition coefficient (Wildman–Crippen LogP) is 3.30. The molecule has 3 rings (SSSR count). The molecule has 1 aliphatic rings. The number of hydrogen-bond donors (Lipinski definition) is 2. The number of anilines is 1. The molecule has 0 saturated heterocycles. The number of primary amides is 1. The molecule has 2 aromatic rings. The third-order valence-electron chi connectivity index (χ3n) is 4.61. The lowest BCUT2D eigenvalue weighted by Crippen LogP contribution is -2.19. The Morgan fingerprint density at radius 3 is 2.46 bits per heavy atom. The lowest BCUT2D eigenvalue weighted by atomic mass is 9.95. The van der Waals surface area contributed by atoms with Crippen LogP contribution >= 0.6 is 11.3 Å². The predicted molar refractivity (Wildman–Crippen MR) is 102 cm³/mol. The third kappa shape index (κ3) is 3.14. The Kier molecular flexibility index (Phi) is 5.18. The van der Waals surface area contributed by atoms with E-state index in [1.165, 1.54) is 25.6 Å². The van der Waals surface area contributed by atoms with Crippen LogP contribution in [0.25, 0.3) is 0 Å². The van der Waals surface area contributed by atoms with E-state index < -0.39 is 5.91 Å². The maximum Gasteiger partial charge on any atom is 0.260 e. The Morgan fingerprint density at radius 1 is 1.12 bits per heavy atom. The molecule has 7 heteroatoms. The minimum Gasteiger partial charge on any atom is -0.493 e. The summed E-state index contributed by atoms with van der Waals surface area (Å²) in [4.78, 5) is 26.0. The molecule has 1 heterocycles. The van der Waals surface area contributed by atoms with Gasteiger partial charge in [0.25, 0.3) is 11.8 Å². The van der Waals surface area contributed by atoms with E-state index in [4.69, 9.17) is 15.2 Å². The van der Waals surface area contributed by atoms with Crippen LogP contribution in [0.2, 0.25) is 0 Å². The average Bonchev–Trinajstić information content (AvgIpc) is 2.98. The van der Waals surface area contributed by atoms with E-state index in [0.717, 1.165) is 41.7 Å². The fraction of sp³-hybridized carbons (Fsp3) is 0.368. The van der Waals surface area contributed by atoms with Crippen LogP contribution in [0.3, 0.4) is 0 Å². The highest BCUT2D eigenvalue weighted by Crippen LogP contribution is 2.39. The molecule has 6 nitrogen and oxygen atoms in total. The van der Waals surface area contributed by atoms with E-state index in [9.17, 15) is 9.59 Å². The summed E-state index contributed by atoms with van der Waals surface area (Å²) >= 11 is 1.43. The zero-order valence-electron chi connectivity index (χ0n) is 15.1. The van der Waals surface area contributed by atoms with E-state index in [1.54, 1.807) is 12.1 Å². The zero-order chi connectivity index (χ0) is 18.8. The Morgan fingerprint density at radius 2 is 1.81 bits per heavy atom. The van der Waals surface area contributed by atoms with Crippen molar-refractivity contribution in [3.8, 4) is 11.5 Å². The van der Waals surface area contributed by atoms with Crippen LogP contribution in [-0.4, -0.2) is 26.0 Å². The van der Waals surface area contributed by atoms with Crippen LogP contribution in [0, 0.1) is 6.92 Å². The Bertz CT molecular complexity index is 873. The first-order valence-electron chi connectivity index (χ1n) is 8.45. The van der Waals surface area contributed by atoms with Crippen LogP contribution in [0.1, 0.15) is 49.6 Å². The molecule has 1 aromatic carbocycles. The molecular weight excluding hydrogens is 352 g/mol. The second-order valence-corrected chi connectivity index (χ2v) is 7.34. The first-order valence-corrected chi connectivity index (χ1v) is 9.26. The van der Waals surface area contributed by atoms with Crippen molar-refractivity contribution in [2.75, 3.05) is 19.5 Å². The number of amides is 2. The van der Waals surface area contributed by atoms with Crippen molar-refractivity contribution < 1.29 is 19.1 Å². The van der Waals surface area contributed by atoms with Crippen molar-refractivity contribution in [1.29, 1.82) is 0 Å². The molecule has 26 heavy (non-hydrogen) atoms. The van der Waals surface area contributed by atoms with Gasteiger partial charge in [-0.1, -0.05) is 6.07 Å². The molecule has 0 atom stereocenters. The summed E-state index contributed by atoms with van der Waals surface area (Å²) in [7, 11) is 3.03. The molecular formula is C19H22N2O4S. The lowest BCUT2D eigenvalue weighted by molar-refractivity contribution is 0.100. The summed E-state index contributed by atoms with van der Waals surface area (Å²) in [6.07, 6.45) is 3.85. The lowest BCUT2D eigenvalue weighted by Gasteiger charge is -2.14. The van der Waals surface area contributed by atoms with Crippen LogP contribution in [-0.2, 0) is 12.8 Å². The average molecular weight is 374 g/mol. The van der Waals surface area contributed by atoms with Gasteiger partial charge in [-0.05, 0) is 49.8 Å². The van der Waals surface area contributed by atoms with Gasteiger partial charge >= 0.3 is 0 Å².